The molecule has 8 atom stereocenters. The highest BCUT2D eigenvalue weighted by molar-refractivity contribution is 5.18. The molecule has 130 valence electrons. The van der Waals surface area contributed by atoms with Gasteiger partial charge in [-0.1, -0.05) is 0 Å². The van der Waals surface area contributed by atoms with E-state index in [9.17, 15) is 30.6 Å². The third-order valence-electron chi connectivity index (χ3n) is 4.48. The Morgan fingerprint density at radius 2 is 1.73 bits per heavy atom. The predicted octanol–water partition coefficient (Wildman–Crippen LogP) is -4.71. The maximum Gasteiger partial charge on any atom is 0.186 e. The fraction of sp³-hybridized carbons (Fsp3) is 1.00. The van der Waals surface area contributed by atoms with E-state index in [0.717, 1.165) is 0 Å². The van der Waals surface area contributed by atoms with E-state index in [4.69, 9.17) is 19.3 Å². The molecular weight excluding hydrogens is 304 g/mol. The highest BCUT2D eigenvalue weighted by Gasteiger charge is 2.70. The molecule has 0 aromatic heterocycles. The number of methoxy groups -OCH3 is 1. The maximum atomic E-state index is 10.8. The molecule has 0 amide bonds. The van der Waals surface area contributed by atoms with E-state index < -0.39 is 67.8 Å². The van der Waals surface area contributed by atoms with Crippen LogP contribution in [0.1, 0.15) is 0 Å². The van der Waals surface area contributed by atoms with Gasteiger partial charge in [-0.3, -0.25) is 0 Å². The van der Waals surface area contributed by atoms with Gasteiger partial charge in [0.2, 0.25) is 0 Å². The van der Waals surface area contributed by atoms with Crippen LogP contribution in [0.3, 0.4) is 0 Å². The summed E-state index contributed by atoms with van der Waals surface area (Å²) in [6.07, 6.45) is -9.52. The van der Waals surface area contributed by atoms with E-state index in [-0.39, 0.29) is 0 Å². The van der Waals surface area contributed by atoms with Gasteiger partial charge in [0.05, 0.1) is 19.8 Å². The molecule has 0 aliphatic carbocycles. The molecule has 0 spiro atoms. The van der Waals surface area contributed by atoms with Crippen molar-refractivity contribution >= 4 is 0 Å². The number of hydrogen-bond acceptors (Lipinski definition) is 10. The lowest BCUT2D eigenvalue weighted by Gasteiger charge is -2.51. The van der Waals surface area contributed by atoms with Gasteiger partial charge < -0.3 is 50.0 Å². The summed E-state index contributed by atoms with van der Waals surface area (Å²) in [7, 11) is 1.18. The molecule has 2 aliphatic rings. The minimum absolute atomic E-state index is 0.615. The van der Waals surface area contributed by atoms with Gasteiger partial charge in [-0.25, -0.2) is 0 Å². The van der Waals surface area contributed by atoms with Crippen LogP contribution < -0.4 is 0 Å². The second kappa shape index (κ2) is 6.24. The molecule has 0 aromatic rings. The predicted molar refractivity (Wildman–Crippen MR) is 67.5 cm³/mol. The van der Waals surface area contributed by atoms with E-state index in [1.807, 2.05) is 0 Å². The second-order valence-electron chi connectivity index (χ2n) is 5.57. The average Bonchev–Trinajstić information content (AvgIpc) is 2.78. The topological polar surface area (TPSA) is 169 Å². The van der Waals surface area contributed by atoms with Crippen LogP contribution in [0.25, 0.3) is 0 Å². The standard InChI is InChI=1S/C12H22O10/c1-20-10-9(17)12(19,6(3-14)22-10)11(18)4-21-5(2-13)7(15)8(11)16/h5-10,13-19H,2-4H2,1H3/t5-,6-,7-,8+,9+,10+,11-,12-/m1/s1. The number of aliphatic hydroxyl groups is 7. The molecule has 2 heterocycles. The zero-order chi connectivity index (χ0) is 16.7. The summed E-state index contributed by atoms with van der Waals surface area (Å²) in [6.45, 7) is -2.11. The normalized spacial score (nSPS) is 52.9. The smallest absolute Gasteiger partial charge is 0.186 e. The van der Waals surface area contributed by atoms with Crippen LogP contribution in [0.15, 0.2) is 0 Å². The monoisotopic (exact) mass is 326 g/mol. The molecule has 2 saturated heterocycles. The van der Waals surface area contributed by atoms with E-state index in [2.05, 4.69) is 0 Å². The SMILES string of the molecule is CO[C@H]1O[C@H](CO)[C@](O)([C@@]2(O)CO[C@H](CO)[C@@H](O)[C@@H]2O)[C@H]1O. The Hall–Kier alpha value is -0.400. The van der Waals surface area contributed by atoms with Gasteiger partial charge >= 0.3 is 0 Å². The van der Waals surface area contributed by atoms with Gasteiger partial charge in [-0.15, -0.1) is 0 Å². The fourth-order valence-electron chi connectivity index (χ4n) is 3.06. The number of aliphatic hydroxyl groups excluding tert-OH is 5. The van der Waals surface area contributed by atoms with Crippen LogP contribution in [-0.2, 0) is 14.2 Å². The first kappa shape index (κ1) is 17.9. The van der Waals surface area contributed by atoms with Crippen molar-refractivity contribution in [1.82, 2.24) is 0 Å². The minimum atomic E-state index is -2.57. The van der Waals surface area contributed by atoms with Gasteiger partial charge in [0, 0.05) is 7.11 Å². The molecule has 22 heavy (non-hydrogen) atoms. The summed E-state index contributed by atoms with van der Waals surface area (Å²) in [5, 5.41) is 70.1. The molecule has 0 unspecified atom stereocenters. The van der Waals surface area contributed by atoms with E-state index in [0.29, 0.717) is 0 Å². The van der Waals surface area contributed by atoms with Crippen molar-refractivity contribution in [1.29, 1.82) is 0 Å². The molecule has 10 nitrogen and oxygen atoms in total. The highest BCUT2D eigenvalue weighted by atomic mass is 16.7. The van der Waals surface area contributed by atoms with Gasteiger partial charge in [-0.2, -0.15) is 0 Å². The summed E-state index contributed by atoms with van der Waals surface area (Å²) in [5.74, 6) is 0. The minimum Gasteiger partial charge on any atom is -0.394 e. The molecule has 2 aliphatic heterocycles. The lowest BCUT2D eigenvalue weighted by atomic mass is 9.70. The Balaban J connectivity index is 2.38. The van der Waals surface area contributed by atoms with Crippen LogP contribution >= 0.6 is 0 Å². The third kappa shape index (κ3) is 2.27. The molecule has 7 N–H and O–H groups in total. The van der Waals surface area contributed by atoms with Crippen molar-refractivity contribution in [2.75, 3.05) is 26.9 Å². The summed E-state index contributed by atoms with van der Waals surface area (Å²) in [5.41, 5.74) is -5.12. The van der Waals surface area contributed by atoms with Gasteiger partial charge in [0.15, 0.2) is 17.5 Å². The fourth-order valence-corrected chi connectivity index (χ4v) is 3.06. The Labute approximate surface area is 126 Å². The van der Waals surface area contributed by atoms with Crippen molar-refractivity contribution in [2.45, 2.75) is 48.0 Å². The molecule has 0 bridgehead atoms. The first-order valence-electron chi connectivity index (χ1n) is 6.78. The second-order valence-corrected chi connectivity index (χ2v) is 5.57. The number of ether oxygens (including phenoxy) is 3. The van der Waals surface area contributed by atoms with Crippen LogP contribution in [0, 0.1) is 0 Å². The van der Waals surface area contributed by atoms with E-state index >= 15 is 0 Å². The Morgan fingerprint density at radius 1 is 1.09 bits per heavy atom. The lowest BCUT2D eigenvalue weighted by Crippen LogP contribution is -2.77. The van der Waals surface area contributed by atoms with Crippen molar-refractivity contribution in [2.24, 2.45) is 0 Å². The van der Waals surface area contributed by atoms with Crippen molar-refractivity contribution in [3.63, 3.8) is 0 Å². The molecular formula is C12H22O10. The van der Waals surface area contributed by atoms with Crippen LogP contribution in [0.4, 0.5) is 0 Å². The maximum absolute atomic E-state index is 10.8. The van der Waals surface area contributed by atoms with Gasteiger partial charge in [-0.05, 0) is 0 Å². The van der Waals surface area contributed by atoms with E-state index in [1.165, 1.54) is 7.11 Å². The van der Waals surface area contributed by atoms with Crippen molar-refractivity contribution < 1.29 is 50.0 Å². The molecule has 0 radical (unpaired) electrons. The highest BCUT2D eigenvalue weighted by Crippen LogP contribution is 2.44. The largest absolute Gasteiger partial charge is 0.394 e. The number of hydrogen-bond donors (Lipinski definition) is 7. The molecule has 2 rings (SSSR count). The molecule has 2 fully saturated rings. The van der Waals surface area contributed by atoms with Crippen molar-refractivity contribution in [3.05, 3.63) is 0 Å². The van der Waals surface area contributed by atoms with Gasteiger partial charge in [0.25, 0.3) is 0 Å². The molecule has 10 heteroatoms. The molecule has 0 saturated carbocycles. The summed E-state index contributed by atoms with van der Waals surface area (Å²) < 4.78 is 15.0. The summed E-state index contributed by atoms with van der Waals surface area (Å²) in [4.78, 5) is 0. The third-order valence-corrected chi connectivity index (χ3v) is 4.48. The zero-order valence-corrected chi connectivity index (χ0v) is 11.9. The lowest BCUT2D eigenvalue weighted by molar-refractivity contribution is -0.315. The van der Waals surface area contributed by atoms with Crippen LogP contribution in [0.5, 0.6) is 0 Å². The number of rotatable bonds is 4. The molecule has 0 aromatic carbocycles. The van der Waals surface area contributed by atoms with E-state index in [1.54, 1.807) is 0 Å². The Bertz CT molecular complexity index is 390. The summed E-state index contributed by atoms with van der Waals surface area (Å²) >= 11 is 0. The average molecular weight is 326 g/mol. The van der Waals surface area contributed by atoms with Gasteiger partial charge in [0.1, 0.15) is 30.5 Å². The zero-order valence-electron chi connectivity index (χ0n) is 11.9. The van der Waals surface area contributed by atoms with Crippen molar-refractivity contribution in [3.8, 4) is 0 Å². The van der Waals surface area contributed by atoms with Crippen LogP contribution in [-0.4, -0.2) is 111 Å². The first-order chi connectivity index (χ1) is 10.3. The quantitative estimate of drug-likeness (QED) is 0.266. The Kier molecular flexibility index (Phi) is 5.09. The van der Waals surface area contributed by atoms with Crippen LogP contribution in [0.2, 0.25) is 0 Å². The summed E-state index contributed by atoms with van der Waals surface area (Å²) in [6, 6.07) is 0. The Morgan fingerprint density at radius 3 is 2.23 bits per heavy atom. The first-order valence-corrected chi connectivity index (χ1v) is 6.78.